The van der Waals surface area contributed by atoms with Gasteiger partial charge in [0, 0.05) is 19.8 Å². The Balaban J connectivity index is 1.72. The van der Waals surface area contributed by atoms with Crippen LogP contribution in [0.1, 0.15) is 25.7 Å². The molecule has 2 aliphatic heterocycles. The lowest BCUT2D eigenvalue weighted by Crippen LogP contribution is -2.46. The summed E-state index contributed by atoms with van der Waals surface area (Å²) in [5.74, 6) is 0.813. The summed E-state index contributed by atoms with van der Waals surface area (Å²) in [6.45, 7) is 5.96. The summed E-state index contributed by atoms with van der Waals surface area (Å²) in [5.41, 5.74) is 0. The van der Waals surface area contributed by atoms with E-state index in [1.165, 1.54) is 51.9 Å². The maximum Gasteiger partial charge on any atom is 0.0491 e. The number of rotatable bonds is 3. The van der Waals surface area contributed by atoms with Crippen molar-refractivity contribution in [2.24, 2.45) is 5.92 Å². The number of piperidine rings is 2. The van der Waals surface area contributed by atoms with Crippen LogP contribution in [0.25, 0.3) is 0 Å². The van der Waals surface area contributed by atoms with Gasteiger partial charge in [-0.15, -0.1) is 0 Å². The van der Waals surface area contributed by atoms with E-state index < -0.39 is 0 Å². The zero-order chi connectivity index (χ0) is 10.5. The molecule has 2 rings (SSSR count). The van der Waals surface area contributed by atoms with Crippen molar-refractivity contribution in [2.75, 3.05) is 39.9 Å². The van der Waals surface area contributed by atoms with Gasteiger partial charge in [0.05, 0.1) is 0 Å². The highest BCUT2D eigenvalue weighted by molar-refractivity contribution is 4.81. The smallest absolute Gasteiger partial charge is 0.0491 e. The first-order valence-corrected chi connectivity index (χ1v) is 6.34. The molecule has 88 valence electrons. The Kier molecular flexibility index (Phi) is 4.42. The summed E-state index contributed by atoms with van der Waals surface area (Å²) in [6.07, 6.45) is 5.35. The van der Waals surface area contributed by atoms with E-state index in [0.29, 0.717) is 0 Å². The van der Waals surface area contributed by atoms with Gasteiger partial charge in [-0.05, 0) is 57.8 Å². The lowest BCUT2D eigenvalue weighted by Gasteiger charge is -2.39. The molecule has 0 aromatic heterocycles. The highest BCUT2D eigenvalue weighted by atomic mass is 16.5. The number of hydrogen-bond donors (Lipinski definition) is 1. The number of nitrogens with zero attached hydrogens (tertiary/aromatic N) is 1. The molecule has 2 fully saturated rings. The summed E-state index contributed by atoms with van der Waals surface area (Å²) < 4.78 is 5.23. The monoisotopic (exact) mass is 212 g/mol. The van der Waals surface area contributed by atoms with Gasteiger partial charge in [0.15, 0.2) is 0 Å². The topological polar surface area (TPSA) is 24.5 Å². The lowest BCUT2D eigenvalue weighted by molar-refractivity contribution is 0.0706. The van der Waals surface area contributed by atoms with Gasteiger partial charge in [-0.25, -0.2) is 0 Å². The molecular weight excluding hydrogens is 188 g/mol. The van der Waals surface area contributed by atoms with Crippen molar-refractivity contribution in [3.8, 4) is 0 Å². The molecule has 3 heteroatoms. The first kappa shape index (κ1) is 11.4. The van der Waals surface area contributed by atoms with Gasteiger partial charge >= 0.3 is 0 Å². The van der Waals surface area contributed by atoms with Crippen LogP contribution in [0.4, 0.5) is 0 Å². The Morgan fingerprint density at radius 2 is 1.80 bits per heavy atom. The predicted molar refractivity (Wildman–Crippen MR) is 62.1 cm³/mol. The van der Waals surface area contributed by atoms with E-state index in [0.717, 1.165) is 18.6 Å². The van der Waals surface area contributed by atoms with Gasteiger partial charge in [-0.3, -0.25) is 0 Å². The fourth-order valence-corrected chi connectivity index (χ4v) is 2.89. The van der Waals surface area contributed by atoms with E-state index in [9.17, 15) is 0 Å². The SMILES string of the molecule is COCC1CCN(C2CCNCC2)CC1. The van der Waals surface area contributed by atoms with Crippen molar-refractivity contribution in [1.82, 2.24) is 10.2 Å². The van der Waals surface area contributed by atoms with Crippen molar-refractivity contribution in [1.29, 1.82) is 0 Å². The normalized spacial score (nSPS) is 27.0. The first-order chi connectivity index (χ1) is 7.40. The maximum absolute atomic E-state index is 5.23. The van der Waals surface area contributed by atoms with Gasteiger partial charge in [0.1, 0.15) is 0 Å². The minimum absolute atomic E-state index is 0.813. The second-order valence-electron chi connectivity index (χ2n) is 4.92. The molecule has 2 aliphatic rings. The number of hydrogen-bond acceptors (Lipinski definition) is 3. The van der Waals surface area contributed by atoms with Crippen LogP contribution < -0.4 is 5.32 Å². The van der Waals surface area contributed by atoms with Crippen LogP contribution in [0, 0.1) is 5.92 Å². The van der Waals surface area contributed by atoms with Gasteiger partial charge in [0.25, 0.3) is 0 Å². The zero-order valence-corrected chi connectivity index (χ0v) is 9.87. The number of likely N-dealkylation sites (tertiary alicyclic amines) is 1. The van der Waals surface area contributed by atoms with Crippen LogP contribution in [0.2, 0.25) is 0 Å². The highest BCUT2D eigenvalue weighted by Crippen LogP contribution is 2.22. The molecule has 0 atom stereocenters. The van der Waals surface area contributed by atoms with Crippen molar-refractivity contribution in [2.45, 2.75) is 31.7 Å². The molecule has 0 bridgehead atoms. The molecule has 15 heavy (non-hydrogen) atoms. The molecular formula is C12H24N2O. The van der Waals surface area contributed by atoms with Gasteiger partial charge in [0.2, 0.25) is 0 Å². The molecule has 3 nitrogen and oxygen atoms in total. The molecule has 0 unspecified atom stereocenters. The average molecular weight is 212 g/mol. The standard InChI is InChI=1S/C12H24N2O/c1-15-10-11-4-8-14(9-5-11)12-2-6-13-7-3-12/h11-13H,2-10H2,1H3. The van der Waals surface area contributed by atoms with Crippen molar-refractivity contribution in [3.05, 3.63) is 0 Å². The highest BCUT2D eigenvalue weighted by Gasteiger charge is 2.25. The first-order valence-electron chi connectivity index (χ1n) is 6.34. The third kappa shape index (κ3) is 3.16. The Morgan fingerprint density at radius 3 is 2.40 bits per heavy atom. The average Bonchev–Trinajstić information content (AvgIpc) is 2.32. The second-order valence-corrected chi connectivity index (χ2v) is 4.92. The van der Waals surface area contributed by atoms with E-state index in [1.54, 1.807) is 0 Å². The summed E-state index contributed by atoms with van der Waals surface area (Å²) in [6, 6.07) is 0.856. The predicted octanol–water partition coefficient (Wildman–Crippen LogP) is 1.10. The van der Waals surface area contributed by atoms with Gasteiger partial charge < -0.3 is 15.0 Å². The van der Waals surface area contributed by atoms with Crippen molar-refractivity contribution in [3.63, 3.8) is 0 Å². The second kappa shape index (κ2) is 5.83. The lowest BCUT2D eigenvalue weighted by atomic mass is 9.94. The molecule has 0 aromatic carbocycles. The third-order valence-corrected chi connectivity index (χ3v) is 3.88. The van der Waals surface area contributed by atoms with E-state index >= 15 is 0 Å². The molecule has 0 aliphatic carbocycles. The zero-order valence-electron chi connectivity index (χ0n) is 9.87. The largest absolute Gasteiger partial charge is 0.384 e. The van der Waals surface area contributed by atoms with E-state index in [-0.39, 0.29) is 0 Å². The van der Waals surface area contributed by atoms with Crippen LogP contribution in [0.3, 0.4) is 0 Å². The van der Waals surface area contributed by atoms with Crippen LogP contribution in [-0.4, -0.2) is 50.8 Å². The summed E-state index contributed by atoms with van der Waals surface area (Å²) >= 11 is 0. The van der Waals surface area contributed by atoms with Crippen LogP contribution in [0.5, 0.6) is 0 Å². The fourth-order valence-electron chi connectivity index (χ4n) is 2.89. The van der Waals surface area contributed by atoms with Crippen molar-refractivity contribution >= 4 is 0 Å². The minimum Gasteiger partial charge on any atom is -0.384 e. The Morgan fingerprint density at radius 1 is 1.13 bits per heavy atom. The maximum atomic E-state index is 5.23. The molecule has 0 amide bonds. The fraction of sp³-hybridized carbons (Fsp3) is 1.00. The van der Waals surface area contributed by atoms with Gasteiger partial charge in [-0.2, -0.15) is 0 Å². The molecule has 0 spiro atoms. The van der Waals surface area contributed by atoms with E-state index in [2.05, 4.69) is 10.2 Å². The minimum atomic E-state index is 0.813. The van der Waals surface area contributed by atoms with E-state index in [1.807, 2.05) is 7.11 Å². The van der Waals surface area contributed by atoms with Crippen LogP contribution in [0.15, 0.2) is 0 Å². The Hall–Kier alpha value is -0.120. The van der Waals surface area contributed by atoms with Crippen molar-refractivity contribution < 1.29 is 4.74 Å². The Bertz CT molecular complexity index is 172. The summed E-state index contributed by atoms with van der Waals surface area (Å²) in [5, 5.41) is 3.44. The van der Waals surface area contributed by atoms with Crippen LogP contribution in [-0.2, 0) is 4.74 Å². The molecule has 0 saturated carbocycles. The summed E-state index contributed by atoms with van der Waals surface area (Å²) in [7, 11) is 1.82. The summed E-state index contributed by atoms with van der Waals surface area (Å²) in [4.78, 5) is 2.70. The molecule has 0 aromatic rings. The number of nitrogens with one attached hydrogen (secondary N) is 1. The van der Waals surface area contributed by atoms with E-state index in [4.69, 9.17) is 4.74 Å². The molecule has 2 heterocycles. The molecule has 1 N–H and O–H groups in total. The van der Waals surface area contributed by atoms with Crippen LogP contribution >= 0.6 is 0 Å². The third-order valence-electron chi connectivity index (χ3n) is 3.88. The molecule has 0 radical (unpaired) electrons. The van der Waals surface area contributed by atoms with Gasteiger partial charge in [-0.1, -0.05) is 0 Å². The molecule has 2 saturated heterocycles. The number of ether oxygens (including phenoxy) is 1. The Labute approximate surface area is 93.2 Å². The quantitative estimate of drug-likeness (QED) is 0.758. The number of methoxy groups -OCH3 is 1.